The first-order chi connectivity index (χ1) is 6.66. The molecule has 2 amide bonds. The van der Waals surface area contributed by atoms with Crippen LogP contribution in [0.3, 0.4) is 0 Å². The number of hydrogen-bond donors (Lipinski definition) is 0. The minimum Gasteiger partial charge on any atom is -0.274 e. The van der Waals surface area contributed by atoms with E-state index in [1.165, 1.54) is 11.0 Å². The van der Waals surface area contributed by atoms with Crippen LogP contribution in [0, 0.1) is 0 Å². The molecule has 2 radical (unpaired) electrons. The van der Waals surface area contributed by atoms with Crippen LogP contribution in [0.15, 0.2) is 10.6 Å². The molecular formula is C9H11BBrNO2. The van der Waals surface area contributed by atoms with E-state index in [1.54, 1.807) is 0 Å². The van der Waals surface area contributed by atoms with Gasteiger partial charge in [-0.05, 0) is 22.4 Å². The van der Waals surface area contributed by atoms with Gasteiger partial charge in [-0.2, -0.15) is 0 Å². The van der Waals surface area contributed by atoms with Crippen molar-refractivity contribution in [1.29, 1.82) is 0 Å². The number of carbonyl (C=O) groups excluding carboxylic acids is 2. The Labute approximate surface area is 93.1 Å². The molecule has 74 valence electrons. The SMILES string of the molecule is [B]CCCCCN1C(=O)C=C(Br)C1=O. The molecule has 3 nitrogen and oxygen atoms in total. The van der Waals surface area contributed by atoms with E-state index >= 15 is 0 Å². The van der Waals surface area contributed by atoms with E-state index in [0.29, 0.717) is 17.3 Å². The zero-order valence-corrected chi connectivity index (χ0v) is 9.42. The fraction of sp³-hybridized carbons (Fsp3) is 0.556. The van der Waals surface area contributed by atoms with Crippen molar-refractivity contribution in [2.75, 3.05) is 6.54 Å². The molecule has 14 heavy (non-hydrogen) atoms. The summed E-state index contributed by atoms with van der Waals surface area (Å²) in [4.78, 5) is 23.8. The average molecular weight is 256 g/mol. The van der Waals surface area contributed by atoms with Gasteiger partial charge >= 0.3 is 0 Å². The molecule has 0 unspecified atom stereocenters. The van der Waals surface area contributed by atoms with Gasteiger partial charge in [0, 0.05) is 12.6 Å². The molecule has 0 saturated carbocycles. The van der Waals surface area contributed by atoms with Gasteiger partial charge in [-0.3, -0.25) is 14.5 Å². The Kier molecular flexibility index (Phi) is 4.39. The van der Waals surface area contributed by atoms with Gasteiger partial charge in [0.05, 0.1) is 12.3 Å². The Bertz CT molecular complexity index is 278. The lowest BCUT2D eigenvalue weighted by Crippen LogP contribution is -2.31. The standard InChI is InChI=1S/C9H11BBrNO2/c10-4-2-1-3-5-12-8(13)6-7(11)9(12)14/h6H,1-5H2. The largest absolute Gasteiger partial charge is 0.274 e. The highest BCUT2D eigenvalue weighted by Gasteiger charge is 2.28. The van der Waals surface area contributed by atoms with Gasteiger partial charge in [-0.1, -0.05) is 19.2 Å². The summed E-state index contributed by atoms with van der Waals surface area (Å²) in [6.45, 7) is 0.489. The van der Waals surface area contributed by atoms with E-state index < -0.39 is 0 Å². The van der Waals surface area contributed by atoms with Crippen molar-refractivity contribution in [3.8, 4) is 0 Å². The van der Waals surface area contributed by atoms with E-state index in [1.807, 2.05) is 0 Å². The van der Waals surface area contributed by atoms with Gasteiger partial charge < -0.3 is 0 Å². The molecule has 1 aliphatic rings. The lowest BCUT2D eigenvalue weighted by molar-refractivity contribution is -0.136. The van der Waals surface area contributed by atoms with Crippen LogP contribution in [-0.4, -0.2) is 31.1 Å². The molecule has 1 rings (SSSR count). The number of halogens is 1. The smallest absolute Gasteiger partial charge is 0.267 e. The first-order valence-corrected chi connectivity index (χ1v) is 5.39. The van der Waals surface area contributed by atoms with Crippen LogP contribution in [0.1, 0.15) is 19.3 Å². The Morgan fingerprint density at radius 2 is 2.00 bits per heavy atom. The van der Waals surface area contributed by atoms with Crippen LogP contribution in [-0.2, 0) is 9.59 Å². The predicted octanol–water partition coefficient (Wildman–Crippen LogP) is 1.39. The van der Waals surface area contributed by atoms with Crippen molar-refractivity contribution in [2.45, 2.75) is 25.6 Å². The topological polar surface area (TPSA) is 37.4 Å². The van der Waals surface area contributed by atoms with Crippen LogP contribution >= 0.6 is 15.9 Å². The van der Waals surface area contributed by atoms with Crippen molar-refractivity contribution in [2.24, 2.45) is 0 Å². The monoisotopic (exact) mass is 255 g/mol. The molecule has 0 bridgehead atoms. The van der Waals surface area contributed by atoms with E-state index in [0.717, 1.165) is 19.3 Å². The van der Waals surface area contributed by atoms with E-state index in [2.05, 4.69) is 15.9 Å². The molecule has 5 heteroatoms. The van der Waals surface area contributed by atoms with Crippen LogP contribution in [0.2, 0.25) is 6.32 Å². The van der Waals surface area contributed by atoms with Gasteiger partial charge in [0.1, 0.15) is 0 Å². The zero-order valence-electron chi connectivity index (χ0n) is 7.83. The maximum absolute atomic E-state index is 11.3. The molecule has 0 fully saturated rings. The normalized spacial score (nSPS) is 16.4. The first-order valence-electron chi connectivity index (χ1n) is 4.60. The molecule has 0 atom stereocenters. The third-order valence-corrected chi connectivity index (χ3v) is 2.62. The molecule has 1 heterocycles. The van der Waals surface area contributed by atoms with E-state index in [4.69, 9.17) is 7.85 Å². The van der Waals surface area contributed by atoms with Gasteiger partial charge in [0.25, 0.3) is 11.8 Å². The Morgan fingerprint density at radius 1 is 1.29 bits per heavy atom. The number of imide groups is 1. The second-order valence-corrected chi connectivity index (χ2v) is 3.99. The summed E-state index contributed by atoms with van der Waals surface area (Å²) in [6, 6.07) is 0. The Balaban J connectivity index is 2.33. The summed E-state index contributed by atoms with van der Waals surface area (Å²) in [7, 11) is 5.33. The number of amides is 2. The molecule has 0 spiro atoms. The van der Waals surface area contributed by atoms with Gasteiger partial charge in [-0.25, -0.2) is 0 Å². The number of rotatable bonds is 5. The number of carbonyl (C=O) groups is 2. The van der Waals surface area contributed by atoms with Gasteiger partial charge in [-0.15, -0.1) is 0 Å². The third-order valence-electron chi connectivity index (χ3n) is 2.05. The second kappa shape index (κ2) is 5.34. The molecule has 1 aliphatic heterocycles. The molecule has 0 aromatic carbocycles. The van der Waals surface area contributed by atoms with Crippen molar-refractivity contribution in [3.05, 3.63) is 10.6 Å². The summed E-state index contributed by atoms with van der Waals surface area (Å²) in [5, 5.41) is 0. The summed E-state index contributed by atoms with van der Waals surface area (Å²) in [5.74, 6) is -0.461. The third kappa shape index (κ3) is 2.70. The highest BCUT2D eigenvalue weighted by atomic mass is 79.9. The quantitative estimate of drug-likeness (QED) is 0.423. The van der Waals surface area contributed by atoms with Crippen LogP contribution in [0.25, 0.3) is 0 Å². The van der Waals surface area contributed by atoms with E-state index in [9.17, 15) is 9.59 Å². The maximum Gasteiger partial charge on any atom is 0.267 e. The summed E-state index contributed by atoms with van der Waals surface area (Å²) in [5.41, 5.74) is 0. The molecule has 0 N–H and O–H groups in total. The van der Waals surface area contributed by atoms with E-state index in [-0.39, 0.29) is 11.8 Å². The van der Waals surface area contributed by atoms with Gasteiger partial charge in [0.15, 0.2) is 0 Å². The van der Waals surface area contributed by atoms with Crippen molar-refractivity contribution in [1.82, 2.24) is 4.90 Å². The molecular weight excluding hydrogens is 245 g/mol. The highest BCUT2D eigenvalue weighted by molar-refractivity contribution is 9.12. The number of unbranched alkanes of at least 4 members (excludes halogenated alkanes) is 2. The number of nitrogens with zero attached hydrogens (tertiary/aromatic N) is 1. The highest BCUT2D eigenvalue weighted by Crippen LogP contribution is 2.18. The molecule has 0 saturated heterocycles. The van der Waals surface area contributed by atoms with Crippen LogP contribution in [0.5, 0.6) is 0 Å². The molecule has 0 aliphatic carbocycles. The first kappa shape index (κ1) is 11.5. The van der Waals surface area contributed by atoms with Crippen molar-refractivity contribution >= 4 is 35.6 Å². The second-order valence-electron chi connectivity index (χ2n) is 3.14. The minimum absolute atomic E-state index is 0.227. The average Bonchev–Trinajstić information content (AvgIpc) is 2.38. The Hall–Kier alpha value is -0.575. The lowest BCUT2D eigenvalue weighted by Gasteiger charge is -2.13. The fourth-order valence-electron chi connectivity index (χ4n) is 1.28. The Morgan fingerprint density at radius 3 is 2.50 bits per heavy atom. The van der Waals surface area contributed by atoms with Crippen LogP contribution < -0.4 is 0 Å². The molecule has 0 aromatic rings. The zero-order chi connectivity index (χ0) is 10.6. The summed E-state index contributed by atoms with van der Waals surface area (Å²) in [6.07, 6.45) is 4.67. The minimum atomic E-state index is -0.234. The predicted molar refractivity (Wildman–Crippen MR) is 58.1 cm³/mol. The molecule has 0 aromatic heterocycles. The maximum atomic E-state index is 11.3. The lowest BCUT2D eigenvalue weighted by atomic mass is 9.99. The summed E-state index contributed by atoms with van der Waals surface area (Å²) >= 11 is 3.04. The fourth-order valence-corrected chi connectivity index (χ4v) is 1.69. The number of hydrogen-bond acceptors (Lipinski definition) is 2. The summed E-state index contributed by atoms with van der Waals surface area (Å²) < 4.78 is 0.348. The van der Waals surface area contributed by atoms with Crippen LogP contribution in [0.4, 0.5) is 0 Å². The van der Waals surface area contributed by atoms with Crippen molar-refractivity contribution in [3.63, 3.8) is 0 Å². The van der Waals surface area contributed by atoms with Gasteiger partial charge in [0.2, 0.25) is 0 Å². The van der Waals surface area contributed by atoms with Crippen molar-refractivity contribution < 1.29 is 9.59 Å².